The Labute approximate surface area is 117 Å². The van der Waals surface area contributed by atoms with Gasteiger partial charge < -0.3 is 0 Å². The third kappa shape index (κ3) is 2.41. The van der Waals surface area contributed by atoms with Gasteiger partial charge in [-0.25, -0.2) is 0 Å². The van der Waals surface area contributed by atoms with Crippen molar-refractivity contribution in [3.8, 4) is 0 Å². The van der Waals surface area contributed by atoms with Crippen molar-refractivity contribution in [3.05, 3.63) is 60.7 Å². The molecular formula is C15H16CrOSi. The van der Waals surface area contributed by atoms with E-state index in [1.807, 2.05) is 0 Å². The summed E-state index contributed by atoms with van der Waals surface area (Å²) in [6.45, 7) is 2.31. The maximum atomic E-state index is 5.55. The third-order valence-electron chi connectivity index (χ3n) is 3.30. The molecule has 0 aliphatic heterocycles. The topological polar surface area (TPSA) is 9.23 Å². The fourth-order valence-electron chi connectivity index (χ4n) is 2.15. The standard InChI is InChI=1S/C15H16OSi.Cr/c1-16-13-17(2,14-9-5-3-6-10-14)15-11-7-4-8-12-15;/h3-12H,1-2H3;. The van der Waals surface area contributed by atoms with Gasteiger partial charge in [-0.05, 0) is 0 Å². The molecule has 0 N–H and O–H groups in total. The van der Waals surface area contributed by atoms with Gasteiger partial charge in [-0.1, -0.05) is 0 Å². The summed E-state index contributed by atoms with van der Waals surface area (Å²) >= 11 is 3.12. The van der Waals surface area contributed by atoms with Gasteiger partial charge in [0.25, 0.3) is 0 Å². The molecule has 0 spiro atoms. The molecule has 0 amide bonds. The summed E-state index contributed by atoms with van der Waals surface area (Å²) in [6, 6.07) is 21.2. The van der Waals surface area contributed by atoms with Crippen LogP contribution in [0.1, 0.15) is 0 Å². The average molecular weight is 292 g/mol. The molecule has 0 saturated carbocycles. The van der Waals surface area contributed by atoms with Gasteiger partial charge in [-0.3, -0.25) is 0 Å². The van der Waals surface area contributed by atoms with Crippen LogP contribution in [0.2, 0.25) is 6.55 Å². The number of methoxy groups -OCH3 is 1. The fraction of sp³-hybridized carbons (Fsp3) is 0.133. The van der Waals surface area contributed by atoms with Gasteiger partial charge in [0, 0.05) is 0 Å². The van der Waals surface area contributed by atoms with Crippen molar-refractivity contribution < 1.29 is 20.6 Å². The molecule has 0 aromatic heterocycles. The molecule has 0 heterocycles. The molecule has 0 atom stereocenters. The van der Waals surface area contributed by atoms with E-state index in [-0.39, 0.29) is 0 Å². The van der Waals surface area contributed by atoms with Crippen molar-refractivity contribution >= 4 is 22.6 Å². The zero-order chi connectivity index (χ0) is 13.0. The first-order chi connectivity index (χ1) is 8.69. The predicted molar refractivity (Wildman–Crippen MR) is 75.8 cm³/mol. The van der Waals surface area contributed by atoms with E-state index in [4.69, 9.17) is 4.74 Å². The van der Waals surface area contributed by atoms with E-state index in [0.717, 1.165) is 4.19 Å². The number of ether oxygens (including phenoxy) is 1. The van der Waals surface area contributed by atoms with E-state index in [9.17, 15) is 0 Å². The van der Waals surface area contributed by atoms with E-state index >= 15 is 0 Å². The Kier molecular flexibility index (Phi) is 4.31. The van der Waals surface area contributed by atoms with E-state index in [0.29, 0.717) is 0 Å². The zero-order valence-corrected chi connectivity index (χ0v) is 12.9. The summed E-state index contributed by atoms with van der Waals surface area (Å²) in [5, 5.41) is 2.71. The maximum absolute atomic E-state index is 5.55. The Morgan fingerprint density at radius 3 is 1.61 bits per heavy atom. The molecule has 2 aromatic carbocycles. The van der Waals surface area contributed by atoms with Crippen molar-refractivity contribution in [1.29, 1.82) is 0 Å². The average Bonchev–Trinajstić information content (AvgIpc) is 2.47. The summed E-state index contributed by atoms with van der Waals surface area (Å²) < 4.78 is 6.56. The summed E-state index contributed by atoms with van der Waals surface area (Å²) in [5.74, 6) is 0. The molecule has 3 heteroatoms. The van der Waals surface area contributed by atoms with Gasteiger partial charge >= 0.3 is 118 Å². The van der Waals surface area contributed by atoms with Gasteiger partial charge in [-0.2, -0.15) is 0 Å². The number of rotatable bonds is 4. The van der Waals surface area contributed by atoms with E-state index < -0.39 is 8.07 Å². The summed E-state index contributed by atoms with van der Waals surface area (Å²) in [4.78, 5) is 0. The van der Waals surface area contributed by atoms with Crippen molar-refractivity contribution in [1.82, 2.24) is 0 Å². The van der Waals surface area contributed by atoms with Crippen LogP contribution in [0.5, 0.6) is 0 Å². The molecule has 0 fully saturated rings. The first kappa shape index (κ1) is 13.5. The normalized spacial score (nSPS) is 11.2. The van der Waals surface area contributed by atoms with Crippen LogP contribution in [-0.2, 0) is 20.6 Å². The molecule has 0 unspecified atom stereocenters. The van der Waals surface area contributed by atoms with Gasteiger partial charge in [0.15, 0.2) is 0 Å². The van der Waals surface area contributed by atoms with Gasteiger partial charge in [0.1, 0.15) is 0 Å². The quantitative estimate of drug-likeness (QED) is 0.780. The van der Waals surface area contributed by atoms with Crippen LogP contribution in [0.25, 0.3) is 0 Å². The Morgan fingerprint density at radius 2 is 1.28 bits per heavy atom. The summed E-state index contributed by atoms with van der Waals surface area (Å²) in [6.07, 6.45) is 0. The second-order valence-electron chi connectivity index (χ2n) is 4.35. The summed E-state index contributed by atoms with van der Waals surface area (Å²) in [5.41, 5.74) is 0. The molecule has 0 saturated heterocycles. The third-order valence-corrected chi connectivity index (χ3v) is 9.47. The predicted octanol–water partition coefficient (Wildman–Crippen LogP) is 1.74. The minimum atomic E-state index is -1.97. The SMILES string of the molecule is CO[C](=[Cr])[Si](C)(c1ccccc1)c1ccccc1. The van der Waals surface area contributed by atoms with E-state index in [1.165, 1.54) is 10.4 Å². The molecule has 2 aromatic rings. The molecule has 18 heavy (non-hydrogen) atoms. The monoisotopic (exact) mass is 292 g/mol. The van der Waals surface area contributed by atoms with Crippen LogP contribution in [0.4, 0.5) is 0 Å². The summed E-state index contributed by atoms with van der Waals surface area (Å²) in [7, 11) is -0.227. The van der Waals surface area contributed by atoms with Crippen LogP contribution < -0.4 is 10.4 Å². The van der Waals surface area contributed by atoms with Gasteiger partial charge in [-0.15, -0.1) is 0 Å². The van der Waals surface area contributed by atoms with E-state index in [1.54, 1.807) is 7.11 Å². The molecule has 92 valence electrons. The van der Waals surface area contributed by atoms with Crippen LogP contribution >= 0.6 is 0 Å². The van der Waals surface area contributed by atoms with Crippen molar-refractivity contribution in [2.75, 3.05) is 7.11 Å². The second kappa shape index (κ2) is 5.77. The fourth-order valence-corrected chi connectivity index (χ4v) is 6.18. The zero-order valence-electron chi connectivity index (χ0n) is 10.6. The number of hydrogen-bond acceptors (Lipinski definition) is 1. The van der Waals surface area contributed by atoms with Crippen LogP contribution in [0.3, 0.4) is 0 Å². The second-order valence-corrected chi connectivity index (χ2v) is 9.38. The molecule has 2 rings (SSSR count). The van der Waals surface area contributed by atoms with Crippen LogP contribution in [-0.4, -0.2) is 19.4 Å². The molecule has 1 nitrogen and oxygen atoms in total. The van der Waals surface area contributed by atoms with Gasteiger partial charge in [0.05, 0.1) is 0 Å². The van der Waals surface area contributed by atoms with Crippen molar-refractivity contribution in [2.24, 2.45) is 0 Å². The molecule has 0 bridgehead atoms. The van der Waals surface area contributed by atoms with Crippen molar-refractivity contribution in [2.45, 2.75) is 6.55 Å². The van der Waals surface area contributed by atoms with Gasteiger partial charge in [0.2, 0.25) is 0 Å². The van der Waals surface area contributed by atoms with E-state index in [2.05, 4.69) is 83.1 Å². The Bertz CT molecular complexity index is 485. The Morgan fingerprint density at radius 1 is 0.889 bits per heavy atom. The van der Waals surface area contributed by atoms with Crippen LogP contribution in [0, 0.1) is 0 Å². The number of hydrogen-bond donors (Lipinski definition) is 0. The number of benzene rings is 2. The first-order valence-electron chi connectivity index (χ1n) is 5.89. The molecule has 0 aliphatic rings. The molecular weight excluding hydrogens is 276 g/mol. The Hall–Kier alpha value is -0.981. The first-order valence-corrected chi connectivity index (χ1v) is 9.03. The van der Waals surface area contributed by atoms with Crippen molar-refractivity contribution in [3.63, 3.8) is 0 Å². The van der Waals surface area contributed by atoms with Crippen LogP contribution in [0.15, 0.2) is 60.7 Å². The minimum absolute atomic E-state index is 1.01. The molecule has 0 radical (unpaired) electrons. The molecule has 0 aliphatic carbocycles. The Balaban J connectivity index is 2.59.